The summed E-state index contributed by atoms with van der Waals surface area (Å²) >= 11 is 12.4. The first-order chi connectivity index (χ1) is 18.9. The van der Waals surface area contributed by atoms with Crippen molar-refractivity contribution in [1.82, 2.24) is 30.0 Å². The van der Waals surface area contributed by atoms with E-state index in [1.165, 1.54) is 17.8 Å². The molecule has 2 saturated heterocycles. The summed E-state index contributed by atoms with van der Waals surface area (Å²) in [5.41, 5.74) is -0.727. The number of hydrogen-bond donors (Lipinski definition) is 1. The number of nitrogens with zero attached hydrogens (tertiary/aromatic N) is 6. The fraction of sp³-hybridized carbons (Fsp3) is 0.556. The smallest absolute Gasteiger partial charge is 0.355 e. The molecular weight excluding hydrogens is 566 g/mol. The standard InChI is InChI=1S/C27H32Cl2F3N7O/c1-15(34-17(3)40)11-37-8-4-5-18(12-37)19-13-38(14-19)23-10-33-24-25(27(30,31)32)36-39(26(24)35-23)16(2)21-7-6-20(28)9-22(21)29/h6-7,9-10,15-16,18-19H,4-5,8,11-14H2,1-3H3,(H,34,40)/t15-,16?,18?/m1/s1. The third-order valence-corrected chi connectivity index (χ3v) is 8.42. The molecule has 1 N–H and O–H groups in total. The number of anilines is 1. The Balaban J connectivity index is 1.34. The number of aromatic nitrogens is 4. The largest absolute Gasteiger partial charge is 0.437 e. The van der Waals surface area contributed by atoms with E-state index in [4.69, 9.17) is 23.2 Å². The van der Waals surface area contributed by atoms with Crippen molar-refractivity contribution in [3.63, 3.8) is 0 Å². The number of carbonyl (C=O) groups excluding carboxylic acids is 1. The van der Waals surface area contributed by atoms with Crippen molar-refractivity contribution in [3.8, 4) is 0 Å². The molecule has 2 fully saturated rings. The Hall–Kier alpha value is -2.63. The minimum Gasteiger partial charge on any atom is -0.355 e. The second kappa shape index (κ2) is 11.3. The van der Waals surface area contributed by atoms with Gasteiger partial charge in [0.25, 0.3) is 0 Å². The quantitative estimate of drug-likeness (QED) is 0.391. The van der Waals surface area contributed by atoms with Crippen LogP contribution in [0.3, 0.4) is 0 Å². The summed E-state index contributed by atoms with van der Waals surface area (Å²) in [5, 5.41) is 7.62. The number of alkyl halides is 3. The van der Waals surface area contributed by atoms with Gasteiger partial charge >= 0.3 is 6.18 Å². The van der Waals surface area contributed by atoms with E-state index < -0.39 is 17.9 Å². The summed E-state index contributed by atoms with van der Waals surface area (Å²) in [6, 6.07) is 4.32. The predicted molar refractivity (Wildman–Crippen MR) is 149 cm³/mol. The molecule has 0 saturated carbocycles. The number of piperidine rings is 1. The molecule has 0 bridgehead atoms. The van der Waals surface area contributed by atoms with Gasteiger partial charge in [0.1, 0.15) is 11.3 Å². The Kier molecular flexibility index (Phi) is 8.18. The Labute approximate surface area is 240 Å². The van der Waals surface area contributed by atoms with Crippen molar-refractivity contribution in [2.75, 3.05) is 37.6 Å². The van der Waals surface area contributed by atoms with Gasteiger partial charge in [-0.3, -0.25) is 4.79 Å². The lowest BCUT2D eigenvalue weighted by atomic mass is 9.80. The average molecular weight is 599 g/mol. The van der Waals surface area contributed by atoms with Gasteiger partial charge in [0.2, 0.25) is 5.91 Å². The molecule has 13 heteroatoms. The fourth-order valence-corrected chi connectivity index (χ4v) is 6.47. The number of nitrogens with one attached hydrogen (secondary N) is 1. The third-order valence-electron chi connectivity index (χ3n) is 7.86. The van der Waals surface area contributed by atoms with Crippen LogP contribution >= 0.6 is 23.2 Å². The van der Waals surface area contributed by atoms with E-state index in [2.05, 4.69) is 30.2 Å². The number of likely N-dealkylation sites (tertiary alicyclic amines) is 1. The lowest BCUT2D eigenvalue weighted by Gasteiger charge is -2.47. The van der Waals surface area contributed by atoms with Crippen molar-refractivity contribution < 1.29 is 18.0 Å². The van der Waals surface area contributed by atoms with Crippen molar-refractivity contribution in [2.24, 2.45) is 11.8 Å². The van der Waals surface area contributed by atoms with Gasteiger partial charge < -0.3 is 15.1 Å². The molecule has 3 aromatic rings. The average Bonchev–Trinajstić information content (AvgIpc) is 3.22. The number of hydrogen-bond acceptors (Lipinski definition) is 6. The lowest BCUT2D eigenvalue weighted by molar-refractivity contribution is -0.140. The second-order valence-electron chi connectivity index (χ2n) is 11.0. The van der Waals surface area contributed by atoms with Gasteiger partial charge in [0.15, 0.2) is 11.3 Å². The molecule has 2 unspecified atom stereocenters. The maximum Gasteiger partial charge on any atom is 0.437 e. The lowest BCUT2D eigenvalue weighted by Crippen LogP contribution is -2.54. The zero-order chi connectivity index (χ0) is 28.8. The molecule has 3 atom stereocenters. The SMILES string of the molecule is CC(=O)N[C@H](C)CN1CCCC(C2CN(c3cnc4c(C(F)(F)F)nn(C(C)c5ccc(Cl)cc5Cl)c4n3)C2)C1. The fourth-order valence-electron chi connectivity index (χ4n) is 5.90. The van der Waals surface area contributed by atoms with E-state index in [1.54, 1.807) is 25.1 Å². The maximum atomic E-state index is 13.9. The first-order valence-electron chi connectivity index (χ1n) is 13.4. The second-order valence-corrected chi connectivity index (χ2v) is 11.8. The first kappa shape index (κ1) is 28.9. The van der Waals surface area contributed by atoms with Gasteiger partial charge in [-0.25, -0.2) is 14.6 Å². The molecule has 8 nitrogen and oxygen atoms in total. The molecule has 1 aromatic carbocycles. The Morgan fingerprint density at radius 2 is 1.93 bits per heavy atom. The highest BCUT2D eigenvalue weighted by Crippen LogP contribution is 2.38. The summed E-state index contributed by atoms with van der Waals surface area (Å²) in [6.45, 7) is 9.59. The highest BCUT2D eigenvalue weighted by Gasteiger charge is 2.40. The van der Waals surface area contributed by atoms with Gasteiger partial charge in [0.05, 0.1) is 12.2 Å². The summed E-state index contributed by atoms with van der Waals surface area (Å²) < 4.78 is 42.9. The molecule has 2 aliphatic heterocycles. The van der Waals surface area contributed by atoms with E-state index in [0.717, 1.165) is 45.6 Å². The van der Waals surface area contributed by atoms with Gasteiger partial charge in [-0.05, 0) is 62.8 Å². The first-order valence-corrected chi connectivity index (χ1v) is 14.2. The summed E-state index contributed by atoms with van der Waals surface area (Å²) in [6.07, 6.45) is -1.04. The van der Waals surface area contributed by atoms with Crippen LogP contribution in [0.2, 0.25) is 10.0 Å². The van der Waals surface area contributed by atoms with E-state index in [-0.39, 0.29) is 23.1 Å². The molecular formula is C27H32Cl2F3N7O. The van der Waals surface area contributed by atoms with Crippen LogP contribution in [0.1, 0.15) is 50.9 Å². The number of rotatable bonds is 7. The summed E-state index contributed by atoms with van der Waals surface area (Å²) in [4.78, 5) is 24.6. The van der Waals surface area contributed by atoms with Crippen LogP contribution in [0.4, 0.5) is 19.0 Å². The van der Waals surface area contributed by atoms with E-state index in [1.807, 2.05) is 6.92 Å². The molecule has 2 aliphatic rings. The number of benzene rings is 1. The maximum absolute atomic E-state index is 13.9. The van der Waals surface area contributed by atoms with Gasteiger partial charge in [-0.1, -0.05) is 29.3 Å². The molecule has 0 radical (unpaired) electrons. The van der Waals surface area contributed by atoms with Gasteiger partial charge in [0, 0.05) is 49.2 Å². The Morgan fingerprint density at radius 1 is 1.18 bits per heavy atom. The van der Waals surface area contributed by atoms with Crippen molar-refractivity contribution >= 4 is 46.1 Å². The van der Waals surface area contributed by atoms with Crippen LogP contribution in [0.5, 0.6) is 0 Å². The number of amides is 1. The Morgan fingerprint density at radius 3 is 2.60 bits per heavy atom. The highest BCUT2D eigenvalue weighted by atomic mass is 35.5. The van der Waals surface area contributed by atoms with Crippen LogP contribution in [0, 0.1) is 11.8 Å². The van der Waals surface area contributed by atoms with Gasteiger partial charge in [-0.15, -0.1) is 0 Å². The third kappa shape index (κ3) is 6.01. The van der Waals surface area contributed by atoms with Crippen molar-refractivity contribution in [1.29, 1.82) is 0 Å². The molecule has 40 heavy (non-hydrogen) atoms. The van der Waals surface area contributed by atoms with E-state index in [0.29, 0.717) is 33.3 Å². The molecule has 1 amide bonds. The molecule has 4 heterocycles. The van der Waals surface area contributed by atoms with Crippen molar-refractivity contribution in [3.05, 3.63) is 45.7 Å². The minimum atomic E-state index is -4.69. The van der Waals surface area contributed by atoms with Crippen LogP contribution < -0.4 is 10.2 Å². The normalized spacial score (nSPS) is 20.4. The highest BCUT2D eigenvalue weighted by molar-refractivity contribution is 6.35. The summed E-state index contributed by atoms with van der Waals surface area (Å²) in [7, 11) is 0. The molecule has 5 rings (SSSR count). The molecule has 2 aromatic heterocycles. The van der Waals surface area contributed by atoms with Crippen LogP contribution in [0.25, 0.3) is 11.2 Å². The predicted octanol–water partition coefficient (Wildman–Crippen LogP) is 5.43. The molecule has 0 aliphatic carbocycles. The van der Waals surface area contributed by atoms with Crippen molar-refractivity contribution in [2.45, 2.75) is 51.9 Å². The summed E-state index contributed by atoms with van der Waals surface area (Å²) in [5.74, 6) is 1.47. The van der Waals surface area contributed by atoms with E-state index in [9.17, 15) is 18.0 Å². The topological polar surface area (TPSA) is 79.2 Å². The molecule has 0 spiro atoms. The number of halogens is 5. The van der Waals surface area contributed by atoms with E-state index >= 15 is 0 Å². The number of fused-ring (bicyclic) bond motifs is 1. The van der Waals surface area contributed by atoms with Gasteiger partial charge in [-0.2, -0.15) is 18.3 Å². The zero-order valence-corrected chi connectivity index (χ0v) is 24.1. The number of carbonyl (C=O) groups is 1. The minimum absolute atomic E-state index is 0.0249. The van der Waals surface area contributed by atoms with Crippen LogP contribution in [-0.4, -0.2) is 69.3 Å². The Bertz CT molecular complexity index is 1390. The zero-order valence-electron chi connectivity index (χ0n) is 22.5. The van der Waals surface area contributed by atoms with Crippen LogP contribution in [-0.2, 0) is 11.0 Å². The van der Waals surface area contributed by atoms with Crippen LogP contribution in [0.15, 0.2) is 24.4 Å². The molecule has 216 valence electrons. The monoisotopic (exact) mass is 597 g/mol.